The van der Waals surface area contributed by atoms with Crippen LogP contribution in [0.15, 0.2) is 54.5 Å². The summed E-state index contributed by atoms with van der Waals surface area (Å²) < 4.78 is 10.4. The first-order valence-corrected chi connectivity index (χ1v) is 8.83. The van der Waals surface area contributed by atoms with Crippen molar-refractivity contribution in [2.75, 3.05) is 5.32 Å². The largest absolute Gasteiger partial charge is 0.444 e. The lowest BCUT2D eigenvalue weighted by atomic mass is 10.2. The van der Waals surface area contributed by atoms with E-state index in [2.05, 4.69) is 15.6 Å². The van der Waals surface area contributed by atoms with E-state index in [0.29, 0.717) is 16.9 Å². The Bertz CT molecular complexity index is 842. The summed E-state index contributed by atoms with van der Waals surface area (Å²) in [5.74, 6) is 0. The summed E-state index contributed by atoms with van der Waals surface area (Å²) in [7, 11) is 0. The molecule has 0 fully saturated rings. The van der Waals surface area contributed by atoms with Crippen molar-refractivity contribution in [3.8, 4) is 0 Å². The maximum Gasteiger partial charge on any atom is 0.412 e. The number of allylic oxidation sites excluding steroid dienone is 1. The Hall–Kier alpha value is -3.35. The maximum atomic E-state index is 12.0. The number of alkyl carbamates (subject to hydrolysis) is 1. The Kier molecular flexibility index (Phi) is 7.14. The van der Waals surface area contributed by atoms with Gasteiger partial charge in [0.2, 0.25) is 0 Å². The van der Waals surface area contributed by atoms with Crippen molar-refractivity contribution in [2.24, 2.45) is 0 Å². The molecule has 0 spiro atoms. The van der Waals surface area contributed by atoms with Gasteiger partial charge >= 0.3 is 12.2 Å². The molecule has 2 amide bonds. The van der Waals surface area contributed by atoms with Crippen LogP contribution in [0.5, 0.6) is 0 Å². The zero-order chi connectivity index (χ0) is 20.6. The summed E-state index contributed by atoms with van der Waals surface area (Å²) in [6.45, 7) is 7.26. The van der Waals surface area contributed by atoms with Gasteiger partial charge in [0.1, 0.15) is 12.2 Å². The summed E-state index contributed by atoms with van der Waals surface area (Å²) in [4.78, 5) is 28.0. The van der Waals surface area contributed by atoms with Gasteiger partial charge in [0.05, 0.1) is 5.69 Å². The van der Waals surface area contributed by atoms with Gasteiger partial charge in [-0.25, -0.2) is 9.59 Å². The van der Waals surface area contributed by atoms with Gasteiger partial charge in [-0.1, -0.05) is 30.3 Å². The number of ether oxygens (including phenoxy) is 2. The highest BCUT2D eigenvalue weighted by Crippen LogP contribution is 2.18. The Morgan fingerprint density at radius 3 is 2.50 bits per heavy atom. The quantitative estimate of drug-likeness (QED) is 0.780. The van der Waals surface area contributed by atoms with Crippen molar-refractivity contribution in [3.63, 3.8) is 0 Å². The Morgan fingerprint density at radius 2 is 1.82 bits per heavy atom. The lowest BCUT2D eigenvalue weighted by molar-refractivity contribution is 0.0635. The van der Waals surface area contributed by atoms with Crippen LogP contribution in [-0.2, 0) is 16.1 Å². The second-order valence-electron chi connectivity index (χ2n) is 7.10. The van der Waals surface area contributed by atoms with E-state index in [1.165, 1.54) is 0 Å². The first-order valence-electron chi connectivity index (χ1n) is 8.83. The topological polar surface area (TPSA) is 89.5 Å². The number of amides is 2. The van der Waals surface area contributed by atoms with E-state index >= 15 is 0 Å². The molecule has 28 heavy (non-hydrogen) atoms. The van der Waals surface area contributed by atoms with E-state index in [0.717, 1.165) is 5.56 Å². The number of anilines is 1. The molecular weight excluding hydrogens is 358 g/mol. The third-order valence-corrected chi connectivity index (χ3v) is 3.37. The number of benzene rings is 1. The fraction of sp³-hybridized carbons (Fsp3) is 0.286. The number of aromatic nitrogens is 1. The molecule has 148 valence electrons. The Labute approximate surface area is 164 Å². The van der Waals surface area contributed by atoms with E-state index in [1.807, 2.05) is 30.3 Å². The summed E-state index contributed by atoms with van der Waals surface area (Å²) in [6, 6.07) is 11.1. The predicted molar refractivity (Wildman–Crippen MR) is 108 cm³/mol. The maximum absolute atomic E-state index is 12.0. The van der Waals surface area contributed by atoms with Crippen LogP contribution in [0.4, 0.5) is 15.3 Å². The standard InChI is InChI=1S/C21H25N3O4/c1-15(23-19(25)27-14-16-8-6-5-7-9-16)12-17-13-22-11-10-18(17)24-20(26)28-21(2,3)4/h5-13H,14H2,1-4H3,(H,23,25)(H,22,24,26)/b15-12+. The number of nitrogens with one attached hydrogen (secondary N) is 2. The monoisotopic (exact) mass is 383 g/mol. The molecular formula is C21H25N3O4. The van der Waals surface area contributed by atoms with Crippen molar-refractivity contribution in [2.45, 2.75) is 39.9 Å². The third kappa shape index (κ3) is 7.49. The molecule has 0 bridgehead atoms. The molecule has 0 aliphatic heterocycles. The molecule has 2 aromatic rings. The van der Waals surface area contributed by atoms with Gasteiger partial charge in [0.15, 0.2) is 0 Å². The summed E-state index contributed by atoms with van der Waals surface area (Å²) >= 11 is 0. The molecule has 1 aromatic carbocycles. The lowest BCUT2D eigenvalue weighted by Gasteiger charge is -2.20. The fourth-order valence-corrected chi connectivity index (χ4v) is 2.24. The molecule has 0 aliphatic carbocycles. The van der Waals surface area contributed by atoms with E-state index in [9.17, 15) is 9.59 Å². The van der Waals surface area contributed by atoms with E-state index < -0.39 is 17.8 Å². The molecule has 7 heteroatoms. The number of hydrogen-bond acceptors (Lipinski definition) is 5. The van der Waals surface area contributed by atoms with E-state index in [1.54, 1.807) is 52.2 Å². The van der Waals surface area contributed by atoms with Gasteiger partial charge in [-0.3, -0.25) is 15.6 Å². The van der Waals surface area contributed by atoms with Crippen LogP contribution in [0, 0.1) is 0 Å². The first kappa shape index (κ1) is 21.0. The number of hydrogen-bond donors (Lipinski definition) is 2. The molecule has 0 saturated heterocycles. The molecule has 0 unspecified atom stereocenters. The Balaban J connectivity index is 1.98. The van der Waals surface area contributed by atoms with E-state index in [-0.39, 0.29) is 6.61 Å². The van der Waals surface area contributed by atoms with Crippen LogP contribution < -0.4 is 10.6 Å². The van der Waals surface area contributed by atoms with Crippen LogP contribution in [-0.4, -0.2) is 22.8 Å². The fourth-order valence-electron chi connectivity index (χ4n) is 2.24. The van der Waals surface area contributed by atoms with Crippen molar-refractivity contribution >= 4 is 23.9 Å². The van der Waals surface area contributed by atoms with E-state index in [4.69, 9.17) is 9.47 Å². The van der Waals surface area contributed by atoms with Crippen LogP contribution in [0.25, 0.3) is 6.08 Å². The molecule has 0 aliphatic rings. The van der Waals surface area contributed by atoms with Crippen LogP contribution in [0.3, 0.4) is 0 Å². The van der Waals surface area contributed by atoms with Gasteiger partial charge in [-0.2, -0.15) is 0 Å². The van der Waals surface area contributed by atoms with Gasteiger partial charge in [-0.15, -0.1) is 0 Å². The molecule has 1 aromatic heterocycles. The van der Waals surface area contributed by atoms with Crippen LogP contribution >= 0.6 is 0 Å². The minimum atomic E-state index is -0.604. The van der Waals surface area contributed by atoms with Crippen molar-refractivity contribution in [3.05, 3.63) is 65.6 Å². The summed E-state index contributed by atoms with van der Waals surface area (Å²) in [6.07, 6.45) is 3.68. The number of carbonyl (C=O) groups is 2. The molecule has 2 rings (SSSR count). The second-order valence-corrected chi connectivity index (χ2v) is 7.10. The van der Waals surface area contributed by atoms with Crippen molar-refractivity contribution < 1.29 is 19.1 Å². The highest BCUT2D eigenvalue weighted by molar-refractivity contribution is 5.88. The average Bonchev–Trinajstić information content (AvgIpc) is 2.61. The SMILES string of the molecule is C/C(=C\c1cnccc1NC(=O)OC(C)(C)C)NC(=O)OCc1ccccc1. The molecule has 2 N–H and O–H groups in total. The summed E-state index contributed by atoms with van der Waals surface area (Å²) in [5.41, 5.74) is 1.97. The van der Waals surface area contributed by atoms with Gasteiger partial charge in [-0.05, 0) is 45.4 Å². The number of rotatable bonds is 5. The van der Waals surface area contributed by atoms with Crippen molar-refractivity contribution in [1.82, 2.24) is 10.3 Å². The zero-order valence-electron chi connectivity index (χ0n) is 16.5. The molecule has 0 saturated carbocycles. The highest BCUT2D eigenvalue weighted by Gasteiger charge is 2.17. The number of carbonyl (C=O) groups excluding carboxylic acids is 2. The van der Waals surface area contributed by atoms with Gasteiger partial charge in [0.25, 0.3) is 0 Å². The lowest BCUT2D eigenvalue weighted by Crippen LogP contribution is -2.27. The second kappa shape index (κ2) is 9.55. The molecule has 1 heterocycles. The number of nitrogens with zero attached hydrogens (tertiary/aromatic N) is 1. The third-order valence-electron chi connectivity index (χ3n) is 3.37. The van der Waals surface area contributed by atoms with Crippen LogP contribution in [0.1, 0.15) is 38.8 Å². The normalized spacial score (nSPS) is 11.5. The molecule has 7 nitrogen and oxygen atoms in total. The van der Waals surface area contributed by atoms with Gasteiger partial charge < -0.3 is 9.47 Å². The Morgan fingerprint density at radius 1 is 1.11 bits per heavy atom. The average molecular weight is 383 g/mol. The smallest absolute Gasteiger partial charge is 0.412 e. The highest BCUT2D eigenvalue weighted by atomic mass is 16.6. The number of pyridine rings is 1. The zero-order valence-corrected chi connectivity index (χ0v) is 16.5. The van der Waals surface area contributed by atoms with Crippen molar-refractivity contribution in [1.29, 1.82) is 0 Å². The minimum Gasteiger partial charge on any atom is -0.444 e. The molecule has 0 atom stereocenters. The van der Waals surface area contributed by atoms with Crippen LogP contribution in [0.2, 0.25) is 0 Å². The minimum absolute atomic E-state index is 0.179. The summed E-state index contributed by atoms with van der Waals surface area (Å²) in [5, 5.41) is 5.33. The van der Waals surface area contributed by atoms with Gasteiger partial charge in [0, 0.05) is 23.7 Å². The first-order chi connectivity index (χ1) is 13.2. The predicted octanol–water partition coefficient (Wildman–Crippen LogP) is 4.72. The molecule has 0 radical (unpaired) electrons.